The van der Waals surface area contributed by atoms with Gasteiger partial charge in [-0.15, -0.1) is 0 Å². The Morgan fingerprint density at radius 2 is 1.40 bits per heavy atom. The fraction of sp³-hybridized carbons (Fsp3) is 0.115. The molecule has 1 unspecified atom stereocenters. The molecule has 4 rings (SSSR count). The van der Waals surface area contributed by atoms with Gasteiger partial charge < -0.3 is 0 Å². The highest BCUT2D eigenvalue weighted by atomic mass is 16.6. The summed E-state index contributed by atoms with van der Waals surface area (Å²) in [4.78, 5) is 10.7. The van der Waals surface area contributed by atoms with E-state index in [0.717, 1.165) is 27.5 Å². The molecule has 0 amide bonds. The van der Waals surface area contributed by atoms with E-state index in [1.54, 1.807) is 12.1 Å². The van der Waals surface area contributed by atoms with E-state index in [1.807, 2.05) is 42.5 Å². The van der Waals surface area contributed by atoms with Gasteiger partial charge >= 0.3 is 0 Å². The van der Waals surface area contributed by atoms with Crippen molar-refractivity contribution in [2.45, 2.75) is 18.3 Å². The molecule has 0 spiro atoms. The molecule has 0 aliphatic carbocycles. The topological polar surface area (TPSA) is 66.9 Å². The zero-order valence-corrected chi connectivity index (χ0v) is 16.4. The Labute approximate surface area is 175 Å². The van der Waals surface area contributed by atoms with Crippen LogP contribution in [0.15, 0.2) is 97.1 Å². The first kappa shape index (κ1) is 19.4. The summed E-state index contributed by atoms with van der Waals surface area (Å²) in [7, 11) is 0. The van der Waals surface area contributed by atoms with Crippen LogP contribution in [-0.2, 0) is 18.3 Å². The van der Waals surface area contributed by atoms with Crippen LogP contribution in [0.2, 0.25) is 0 Å². The van der Waals surface area contributed by atoms with Crippen molar-refractivity contribution in [2.24, 2.45) is 0 Å². The average Bonchev–Trinajstić information content (AvgIpc) is 2.79. The molecule has 0 aliphatic heterocycles. The number of hydrogen-bond donors (Lipinski definition) is 0. The van der Waals surface area contributed by atoms with Crippen LogP contribution in [0.1, 0.15) is 16.7 Å². The summed E-state index contributed by atoms with van der Waals surface area (Å²) in [5.74, 6) is 0. The van der Waals surface area contributed by atoms with Crippen LogP contribution in [0.3, 0.4) is 0 Å². The molecule has 0 saturated carbocycles. The monoisotopic (exact) mass is 392 g/mol. The van der Waals surface area contributed by atoms with Crippen LogP contribution in [0.5, 0.6) is 0 Å². The molecule has 0 aromatic heterocycles. The largest absolute Gasteiger partial charge is 0.269 e. The minimum absolute atomic E-state index is 0.0241. The Morgan fingerprint density at radius 3 is 2.07 bits per heavy atom. The Morgan fingerprint density at radius 1 is 0.767 bits per heavy atom. The third-order valence-corrected chi connectivity index (χ3v) is 5.51. The number of nitrogens with zero attached hydrogens (tertiary/aromatic N) is 2. The number of fused-ring (bicyclic) bond motifs is 1. The zero-order valence-electron chi connectivity index (χ0n) is 16.4. The maximum atomic E-state index is 11.1. The van der Waals surface area contributed by atoms with E-state index in [2.05, 4.69) is 36.4 Å². The van der Waals surface area contributed by atoms with E-state index >= 15 is 0 Å². The number of benzene rings is 4. The molecule has 4 aromatic rings. The summed E-state index contributed by atoms with van der Waals surface area (Å²) in [6.45, 7) is 0. The lowest BCUT2D eigenvalue weighted by atomic mass is 9.72. The van der Waals surface area contributed by atoms with Gasteiger partial charge in [-0.05, 0) is 40.3 Å². The van der Waals surface area contributed by atoms with Gasteiger partial charge in [-0.25, -0.2) is 0 Å². The SMILES string of the molecule is N#CC(Cc1ccccc1)(Cc1ccc2ccccc2c1)c1ccc([N+](=O)[O-])cc1. The highest BCUT2D eigenvalue weighted by Crippen LogP contribution is 2.34. The molecular weight excluding hydrogens is 372 g/mol. The second kappa shape index (κ2) is 8.18. The standard InChI is InChI=1S/C26H20N2O2/c27-19-26(17-20-6-2-1-3-7-20,24-12-14-25(15-13-24)28(29)30)18-21-10-11-22-8-4-5-9-23(22)16-21/h1-16H,17-18H2. The Kier molecular flexibility index (Phi) is 5.28. The van der Waals surface area contributed by atoms with Crippen molar-refractivity contribution in [1.29, 1.82) is 5.26 Å². The lowest BCUT2D eigenvalue weighted by molar-refractivity contribution is -0.384. The molecule has 0 heterocycles. The minimum atomic E-state index is -0.834. The summed E-state index contributed by atoms with van der Waals surface area (Å²) in [5.41, 5.74) is 2.09. The van der Waals surface area contributed by atoms with Gasteiger partial charge in [0.25, 0.3) is 5.69 Å². The number of nitro benzene ring substituents is 1. The van der Waals surface area contributed by atoms with Crippen molar-refractivity contribution in [3.8, 4) is 6.07 Å². The maximum Gasteiger partial charge on any atom is 0.269 e. The van der Waals surface area contributed by atoms with Crippen LogP contribution in [0.4, 0.5) is 5.69 Å². The van der Waals surface area contributed by atoms with E-state index in [1.165, 1.54) is 12.1 Å². The van der Waals surface area contributed by atoms with Crippen LogP contribution < -0.4 is 0 Å². The highest BCUT2D eigenvalue weighted by Gasteiger charge is 2.33. The summed E-state index contributed by atoms with van der Waals surface area (Å²) in [6.07, 6.45) is 1.04. The molecular formula is C26H20N2O2. The average molecular weight is 392 g/mol. The van der Waals surface area contributed by atoms with Crippen LogP contribution in [0, 0.1) is 21.4 Å². The van der Waals surface area contributed by atoms with Crippen molar-refractivity contribution in [1.82, 2.24) is 0 Å². The normalized spacial score (nSPS) is 12.8. The van der Waals surface area contributed by atoms with E-state index in [4.69, 9.17) is 0 Å². The summed E-state index contributed by atoms with van der Waals surface area (Å²) in [6, 6.07) is 33.2. The van der Waals surface area contributed by atoms with Crippen molar-refractivity contribution < 1.29 is 4.92 Å². The Hall–Kier alpha value is -3.97. The molecule has 0 aliphatic rings. The number of nitro groups is 1. The second-order valence-electron chi connectivity index (χ2n) is 7.52. The van der Waals surface area contributed by atoms with Gasteiger partial charge in [0.2, 0.25) is 0 Å². The molecule has 4 aromatic carbocycles. The zero-order chi connectivity index (χ0) is 21.0. The summed E-state index contributed by atoms with van der Waals surface area (Å²) < 4.78 is 0. The number of nitriles is 1. The predicted octanol–water partition coefficient (Wildman–Crippen LogP) is 5.99. The maximum absolute atomic E-state index is 11.1. The molecule has 0 N–H and O–H groups in total. The van der Waals surface area contributed by atoms with Gasteiger partial charge in [0.1, 0.15) is 0 Å². The first-order valence-corrected chi connectivity index (χ1v) is 9.77. The third-order valence-electron chi connectivity index (χ3n) is 5.51. The molecule has 30 heavy (non-hydrogen) atoms. The predicted molar refractivity (Wildman–Crippen MR) is 118 cm³/mol. The van der Waals surface area contributed by atoms with E-state index < -0.39 is 10.3 Å². The molecule has 4 heteroatoms. The van der Waals surface area contributed by atoms with Gasteiger partial charge in [0.05, 0.1) is 16.4 Å². The van der Waals surface area contributed by atoms with E-state index in [0.29, 0.717) is 12.8 Å². The number of hydrogen-bond acceptors (Lipinski definition) is 3. The number of non-ortho nitro benzene ring substituents is 1. The Balaban J connectivity index is 1.78. The second-order valence-corrected chi connectivity index (χ2v) is 7.52. The van der Waals surface area contributed by atoms with Crippen molar-refractivity contribution >= 4 is 16.5 Å². The van der Waals surface area contributed by atoms with Crippen LogP contribution in [0.25, 0.3) is 10.8 Å². The van der Waals surface area contributed by atoms with Gasteiger partial charge in [0, 0.05) is 12.1 Å². The fourth-order valence-electron chi connectivity index (χ4n) is 3.95. The lowest BCUT2D eigenvalue weighted by Crippen LogP contribution is -2.30. The summed E-state index contributed by atoms with van der Waals surface area (Å²) >= 11 is 0. The molecule has 0 bridgehead atoms. The first-order valence-electron chi connectivity index (χ1n) is 9.77. The minimum Gasteiger partial charge on any atom is -0.258 e. The smallest absolute Gasteiger partial charge is 0.258 e. The highest BCUT2D eigenvalue weighted by molar-refractivity contribution is 5.83. The molecule has 1 atom stereocenters. The lowest BCUT2D eigenvalue weighted by Gasteiger charge is -2.28. The van der Waals surface area contributed by atoms with Crippen LogP contribution in [-0.4, -0.2) is 4.92 Å². The van der Waals surface area contributed by atoms with E-state index in [-0.39, 0.29) is 5.69 Å². The van der Waals surface area contributed by atoms with E-state index in [9.17, 15) is 15.4 Å². The van der Waals surface area contributed by atoms with Gasteiger partial charge in [-0.1, -0.05) is 84.9 Å². The molecule has 0 radical (unpaired) electrons. The van der Waals surface area contributed by atoms with Crippen molar-refractivity contribution in [2.75, 3.05) is 0 Å². The molecule has 0 saturated heterocycles. The van der Waals surface area contributed by atoms with Crippen LogP contribution >= 0.6 is 0 Å². The van der Waals surface area contributed by atoms with Gasteiger partial charge in [-0.2, -0.15) is 5.26 Å². The number of rotatable bonds is 6. The Bertz CT molecular complexity index is 1230. The van der Waals surface area contributed by atoms with Crippen molar-refractivity contribution in [3.05, 3.63) is 124 Å². The molecule has 0 fully saturated rings. The van der Waals surface area contributed by atoms with Gasteiger partial charge in [0.15, 0.2) is 0 Å². The quantitative estimate of drug-likeness (QED) is 0.299. The van der Waals surface area contributed by atoms with Gasteiger partial charge in [-0.3, -0.25) is 10.1 Å². The first-order chi connectivity index (χ1) is 14.6. The fourth-order valence-corrected chi connectivity index (χ4v) is 3.95. The summed E-state index contributed by atoms with van der Waals surface area (Å²) in [5, 5.41) is 23.7. The molecule has 4 nitrogen and oxygen atoms in total. The third kappa shape index (κ3) is 3.92. The molecule has 146 valence electrons. The van der Waals surface area contributed by atoms with Crippen molar-refractivity contribution in [3.63, 3.8) is 0 Å².